The molecule has 0 fully saturated rings. The normalized spacial score (nSPS) is 15.6. The molecule has 1 atom stereocenters. The maximum Gasteiger partial charge on any atom is 0.159 e. The van der Waals surface area contributed by atoms with Gasteiger partial charge in [0.15, 0.2) is 5.78 Å². The summed E-state index contributed by atoms with van der Waals surface area (Å²) in [5.41, 5.74) is 0.204. The molecular formula is C14H20O2. The van der Waals surface area contributed by atoms with Crippen LogP contribution in [-0.4, -0.2) is 10.9 Å². The highest BCUT2D eigenvalue weighted by atomic mass is 16.3. The molecule has 0 heterocycles. The van der Waals surface area contributed by atoms with E-state index in [0.717, 1.165) is 5.56 Å². The van der Waals surface area contributed by atoms with Crippen molar-refractivity contribution in [3.8, 4) is 0 Å². The van der Waals surface area contributed by atoms with Crippen LogP contribution in [0.25, 0.3) is 0 Å². The van der Waals surface area contributed by atoms with Gasteiger partial charge in [-0.05, 0) is 30.9 Å². The molecule has 1 rings (SSSR count). The number of ketones is 1. The van der Waals surface area contributed by atoms with Crippen LogP contribution in [0, 0.1) is 5.41 Å². The van der Waals surface area contributed by atoms with E-state index in [2.05, 4.69) is 0 Å². The Bertz CT molecular complexity index is 397. The minimum atomic E-state index is -0.946. The molecule has 0 radical (unpaired) electrons. The fraction of sp³-hybridized carbons (Fsp3) is 0.500. The van der Waals surface area contributed by atoms with Gasteiger partial charge in [0.05, 0.1) is 5.60 Å². The summed E-state index contributed by atoms with van der Waals surface area (Å²) in [6.07, 6.45) is 0. The SMILES string of the molecule is CC(=O)c1cccc(C(C)(O)C(C)(C)C)c1. The second-order valence-electron chi connectivity index (χ2n) is 5.46. The summed E-state index contributed by atoms with van der Waals surface area (Å²) in [6.45, 7) is 9.26. The van der Waals surface area contributed by atoms with Crippen LogP contribution in [0.2, 0.25) is 0 Å². The summed E-state index contributed by atoms with van der Waals surface area (Å²) in [5, 5.41) is 10.5. The van der Waals surface area contributed by atoms with E-state index in [0.29, 0.717) is 5.56 Å². The first-order valence-corrected chi connectivity index (χ1v) is 5.50. The van der Waals surface area contributed by atoms with Crippen molar-refractivity contribution in [2.45, 2.75) is 40.2 Å². The Morgan fingerprint density at radius 3 is 2.19 bits per heavy atom. The number of Topliss-reactive ketones (excluding diaryl/α,β-unsaturated/α-hetero) is 1. The van der Waals surface area contributed by atoms with Gasteiger partial charge in [-0.1, -0.05) is 39.0 Å². The summed E-state index contributed by atoms with van der Waals surface area (Å²) in [5.74, 6) is 0.0200. The van der Waals surface area contributed by atoms with Crippen molar-refractivity contribution < 1.29 is 9.90 Å². The van der Waals surface area contributed by atoms with Gasteiger partial charge >= 0.3 is 0 Å². The van der Waals surface area contributed by atoms with Gasteiger partial charge < -0.3 is 5.11 Å². The Hall–Kier alpha value is -1.15. The number of aliphatic hydroxyl groups is 1. The van der Waals surface area contributed by atoms with E-state index in [1.54, 1.807) is 19.1 Å². The molecule has 1 aromatic rings. The van der Waals surface area contributed by atoms with Crippen LogP contribution in [0.15, 0.2) is 24.3 Å². The Balaban J connectivity index is 3.24. The summed E-state index contributed by atoms with van der Waals surface area (Å²) in [4.78, 5) is 11.3. The van der Waals surface area contributed by atoms with Gasteiger partial charge in [0.2, 0.25) is 0 Å². The van der Waals surface area contributed by atoms with Gasteiger partial charge in [0.25, 0.3) is 0 Å². The third kappa shape index (κ3) is 2.33. The first kappa shape index (κ1) is 12.9. The molecule has 0 aliphatic heterocycles. The molecule has 0 aliphatic carbocycles. The largest absolute Gasteiger partial charge is 0.385 e. The number of hydrogen-bond acceptors (Lipinski definition) is 2. The standard InChI is InChI=1S/C14H20O2/c1-10(15)11-7-6-8-12(9-11)14(5,16)13(2,3)4/h6-9,16H,1-5H3. The Morgan fingerprint density at radius 2 is 1.75 bits per heavy atom. The van der Waals surface area contributed by atoms with E-state index in [9.17, 15) is 9.90 Å². The zero-order chi connectivity index (χ0) is 12.6. The number of carbonyl (C=O) groups is 1. The van der Waals surface area contributed by atoms with Gasteiger partial charge in [-0.2, -0.15) is 0 Å². The van der Waals surface area contributed by atoms with Crippen LogP contribution in [0.5, 0.6) is 0 Å². The predicted octanol–water partition coefficient (Wildman–Crippen LogP) is 3.14. The van der Waals surface area contributed by atoms with Gasteiger partial charge in [-0.25, -0.2) is 0 Å². The van der Waals surface area contributed by atoms with Crippen LogP contribution in [0.1, 0.15) is 50.5 Å². The second-order valence-corrected chi connectivity index (χ2v) is 5.46. The predicted molar refractivity (Wildman–Crippen MR) is 65.5 cm³/mol. The average Bonchev–Trinajstić information content (AvgIpc) is 2.16. The van der Waals surface area contributed by atoms with Crippen molar-refractivity contribution in [1.82, 2.24) is 0 Å². The van der Waals surface area contributed by atoms with Crippen LogP contribution < -0.4 is 0 Å². The molecule has 0 aliphatic rings. The van der Waals surface area contributed by atoms with Crippen LogP contribution in [0.3, 0.4) is 0 Å². The molecule has 88 valence electrons. The molecule has 0 saturated carbocycles. The maximum atomic E-state index is 11.3. The van der Waals surface area contributed by atoms with Gasteiger partial charge in [-0.15, -0.1) is 0 Å². The van der Waals surface area contributed by atoms with E-state index in [4.69, 9.17) is 0 Å². The van der Waals surface area contributed by atoms with Crippen molar-refractivity contribution in [3.05, 3.63) is 35.4 Å². The first-order valence-electron chi connectivity index (χ1n) is 5.50. The third-order valence-corrected chi connectivity index (χ3v) is 3.29. The molecule has 0 bridgehead atoms. The number of carbonyl (C=O) groups excluding carboxylic acids is 1. The fourth-order valence-electron chi connectivity index (χ4n) is 1.47. The Labute approximate surface area is 97.3 Å². The lowest BCUT2D eigenvalue weighted by Gasteiger charge is -2.37. The monoisotopic (exact) mass is 220 g/mol. The average molecular weight is 220 g/mol. The zero-order valence-corrected chi connectivity index (χ0v) is 10.7. The molecule has 1 N–H and O–H groups in total. The molecule has 0 saturated heterocycles. The van der Waals surface area contributed by atoms with Crippen LogP contribution >= 0.6 is 0 Å². The summed E-state index contributed by atoms with van der Waals surface area (Å²) >= 11 is 0. The molecule has 2 heteroatoms. The van der Waals surface area contributed by atoms with Crippen molar-refractivity contribution in [2.24, 2.45) is 5.41 Å². The third-order valence-electron chi connectivity index (χ3n) is 3.29. The minimum Gasteiger partial charge on any atom is -0.385 e. The Morgan fingerprint density at radius 1 is 1.19 bits per heavy atom. The first-order chi connectivity index (χ1) is 7.16. The van der Waals surface area contributed by atoms with E-state index < -0.39 is 5.60 Å². The highest BCUT2D eigenvalue weighted by molar-refractivity contribution is 5.94. The van der Waals surface area contributed by atoms with Crippen LogP contribution in [0.4, 0.5) is 0 Å². The highest BCUT2D eigenvalue weighted by Gasteiger charge is 2.36. The highest BCUT2D eigenvalue weighted by Crippen LogP contribution is 2.38. The second kappa shape index (κ2) is 4.02. The summed E-state index contributed by atoms with van der Waals surface area (Å²) < 4.78 is 0. The van der Waals surface area contributed by atoms with Gasteiger partial charge in [0, 0.05) is 5.56 Å². The van der Waals surface area contributed by atoms with E-state index >= 15 is 0 Å². The molecule has 1 unspecified atom stereocenters. The topological polar surface area (TPSA) is 37.3 Å². The summed E-state index contributed by atoms with van der Waals surface area (Å²) in [7, 11) is 0. The molecule has 1 aromatic carbocycles. The van der Waals surface area contributed by atoms with Crippen molar-refractivity contribution in [3.63, 3.8) is 0 Å². The quantitative estimate of drug-likeness (QED) is 0.777. The minimum absolute atomic E-state index is 0.0200. The van der Waals surface area contributed by atoms with E-state index in [-0.39, 0.29) is 11.2 Å². The lowest BCUT2D eigenvalue weighted by Crippen LogP contribution is -2.36. The van der Waals surface area contributed by atoms with Crippen molar-refractivity contribution in [1.29, 1.82) is 0 Å². The molecule has 0 spiro atoms. The van der Waals surface area contributed by atoms with E-state index in [1.807, 2.05) is 32.9 Å². The van der Waals surface area contributed by atoms with E-state index in [1.165, 1.54) is 6.92 Å². The molecule has 2 nitrogen and oxygen atoms in total. The molecule has 0 aromatic heterocycles. The van der Waals surface area contributed by atoms with Crippen molar-refractivity contribution >= 4 is 5.78 Å². The number of benzene rings is 1. The van der Waals surface area contributed by atoms with Gasteiger partial charge in [0.1, 0.15) is 0 Å². The molecule has 0 amide bonds. The Kier molecular flexibility index (Phi) is 3.25. The fourth-order valence-corrected chi connectivity index (χ4v) is 1.47. The lowest BCUT2D eigenvalue weighted by molar-refractivity contribution is -0.0470. The number of hydrogen-bond donors (Lipinski definition) is 1. The number of rotatable bonds is 2. The van der Waals surface area contributed by atoms with Gasteiger partial charge in [-0.3, -0.25) is 4.79 Å². The summed E-state index contributed by atoms with van der Waals surface area (Å²) in [6, 6.07) is 7.21. The van der Waals surface area contributed by atoms with Crippen molar-refractivity contribution in [2.75, 3.05) is 0 Å². The van der Waals surface area contributed by atoms with Crippen LogP contribution in [-0.2, 0) is 5.60 Å². The zero-order valence-electron chi connectivity index (χ0n) is 10.7. The smallest absolute Gasteiger partial charge is 0.159 e. The maximum absolute atomic E-state index is 11.3. The molecular weight excluding hydrogens is 200 g/mol. The molecule has 16 heavy (non-hydrogen) atoms. The lowest BCUT2D eigenvalue weighted by atomic mass is 9.73.